The Bertz CT molecular complexity index is 483. The molecule has 0 saturated heterocycles. The van der Waals surface area contributed by atoms with Gasteiger partial charge in [-0.2, -0.15) is 0 Å². The molecule has 0 spiro atoms. The minimum absolute atomic E-state index is 0. The molecule has 6 heteroatoms. The van der Waals surface area contributed by atoms with Gasteiger partial charge in [-0.25, -0.2) is 4.39 Å². The summed E-state index contributed by atoms with van der Waals surface area (Å²) in [7, 11) is 5.71. The predicted molar refractivity (Wildman–Crippen MR) is 102 cm³/mol. The Morgan fingerprint density at radius 2 is 1.95 bits per heavy atom. The Morgan fingerprint density at radius 1 is 1.32 bits per heavy atom. The van der Waals surface area contributed by atoms with Crippen LogP contribution in [0.4, 0.5) is 4.39 Å². The first kappa shape index (κ1) is 21.1. The van der Waals surface area contributed by atoms with Crippen molar-refractivity contribution in [3.05, 3.63) is 35.6 Å². The summed E-state index contributed by atoms with van der Waals surface area (Å²) in [6.07, 6.45) is 0. The van der Waals surface area contributed by atoms with Gasteiger partial charge in [0.25, 0.3) is 0 Å². The molecule has 0 aromatic heterocycles. The molecule has 1 aromatic rings. The number of nitrogens with one attached hydrogen (secondary N) is 2. The standard InChI is InChI=1S/C16H27FN4.HI/c1-16(2,3)20-15(18-4)19-11-14(21(5)6)12-8-7-9-13(17)10-12;/h7-10,14H,11H2,1-6H3,(H2,18,19,20);1H. The zero-order valence-electron chi connectivity index (χ0n) is 14.3. The Balaban J connectivity index is 0.00000441. The van der Waals surface area contributed by atoms with Crippen LogP contribution in [0, 0.1) is 5.82 Å². The summed E-state index contributed by atoms with van der Waals surface area (Å²) in [6, 6.07) is 6.79. The SMILES string of the molecule is CN=C(NCC(c1cccc(F)c1)N(C)C)NC(C)(C)C.I. The molecule has 1 rings (SSSR count). The summed E-state index contributed by atoms with van der Waals surface area (Å²) in [4.78, 5) is 6.28. The van der Waals surface area contributed by atoms with E-state index in [9.17, 15) is 4.39 Å². The van der Waals surface area contributed by atoms with Crippen LogP contribution in [0.15, 0.2) is 29.3 Å². The Hall–Kier alpha value is -0.890. The number of aliphatic imine (C=N–C) groups is 1. The third-order valence-electron chi connectivity index (χ3n) is 3.04. The van der Waals surface area contributed by atoms with E-state index < -0.39 is 0 Å². The van der Waals surface area contributed by atoms with Crippen molar-refractivity contribution in [2.75, 3.05) is 27.7 Å². The highest BCUT2D eigenvalue weighted by atomic mass is 127. The number of likely N-dealkylation sites (N-methyl/N-ethyl adjacent to an activating group) is 1. The molecule has 0 saturated carbocycles. The molecule has 0 heterocycles. The van der Waals surface area contributed by atoms with E-state index >= 15 is 0 Å². The third kappa shape index (κ3) is 7.40. The molecule has 0 aliphatic carbocycles. The van der Waals surface area contributed by atoms with Crippen LogP contribution in [0.2, 0.25) is 0 Å². The molecule has 126 valence electrons. The number of hydrogen-bond acceptors (Lipinski definition) is 2. The minimum atomic E-state index is -0.212. The maximum absolute atomic E-state index is 13.4. The van der Waals surface area contributed by atoms with Crippen molar-refractivity contribution in [3.63, 3.8) is 0 Å². The van der Waals surface area contributed by atoms with Gasteiger partial charge < -0.3 is 15.5 Å². The fraction of sp³-hybridized carbons (Fsp3) is 0.562. The van der Waals surface area contributed by atoms with Crippen LogP contribution in [-0.4, -0.2) is 44.1 Å². The molecule has 1 atom stereocenters. The van der Waals surface area contributed by atoms with E-state index in [2.05, 4.69) is 41.3 Å². The monoisotopic (exact) mass is 422 g/mol. The Kier molecular flexibility index (Phi) is 8.92. The van der Waals surface area contributed by atoms with Gasteiger partial charge in [-0.15, -0.1) is 24.0 Å². The molecule has 22 heavy (non-hydrogen) atoms. The predicted octanol–water partition coefficient (Wildman–Crippen LogP) is 3.01. The van der Waals surface area contributed by atoms with Crippen LogP contribution in [0.3, 0.4) is 0 Å². The van der Waals surface area contributed by atoms with E-state index in [1.165, 1.54) is 6.07 Å². The van der Waals surface area contributed by atoms with E-state index in [0.29, 0.717) is 6.54 Å². The number of halogens is 2. The number of nitrogens with zero attached hydrogens (tertiary/aromatic N) is 2. The minimum Gasteiger partial charge on any atom is -0.354 e. The maximum Gasteiger partial charge on any atom is 0.191 e. The highest BCUT2D eigenvalue weighted by Gasteiger charge is 2.17. The van der Waals surface area contributed by atoms with Gasteiger partial charge in [0.15, 0.2) is 5.96 Å². The second kappa shape index (κ2) is 9.29. The van der Waals surface area contributed by atoms with E-state index in [-0.39, 0.29) is 41.4 Å². The molecule has 0 aliphatic rings. The van der Waals surface area contributed by atoms with E-state index in [4.69, 9.17) is 0 Å². The van der Waals surface area contributed by atoms with Crippen molar-refractivity contribution < 1.29 is 4.39 Å². The average molecular weight is 422 g/mol. The van der Waals surface area contributed by atoms with Gasteiger partial charge in [-0.3, -0.25) is 4.99 Å². The molecule has 1 unspecified atom stereocenters. The van der Waals surface area contributed by atoms with Crippen molar-refractivity contribution in [1.29, 1.82) is 0 Å². The fourth-order valence-electron chi connectivity index (χ4n) is 2.04. The van der Waals surface area contributed by atoms with Crippen LogP contribution >= 0.6 is 24.0 Å². The maximum atomic E-state index is 13.4. The van der Waals surface area contributed by atoms with Crippen LogP contribution in [0.1, 0.15) is 32.4 Å². The zero-order valence-corrected chi connectivity index (χ0v) is 16.6. The summed E-state index contributed by atoms with van der Waals surface area (Å²) in [5, 5.41) is 6.61. The molecule has 0 radical (unpaired) electrons. The summed E-state index contributed by atoms with van der Waals surface area (Å²) in [6.45, 7) is 6.88. The molecule has 0 amide bonds. The fourth-order valence-corrected chi connectivity index (χ4v) is 2.04. The van der Waals surface area contributed by atoms with Gasteiger partial charge in [0.1, 0.15) is 5.82 Å². The van der Waals surface area contributed by atoms with Crippen molar-refractivity contribution in [2.45, 2.75) is 32.4 Å². The molecule has 1 aromatic carbocycles. The molecule has 0 bridgehead atoms. The Morgan fingerprint density at radius 3 is 2.41 bits per heavy atom. The molecular formula is C16H28FIN4. The van der Waals surface area contributed by atoms with Crippen molar-refractivity contribution in [2.24, 2.45) is 4.99 Å². The second-order valence-electron chi connectivity index (χ2n) is 6.36. The lowest BCUT2D eigenvalue weighted by molar-refractivity contribution is 0.296. The molecule has 0 aliphatic heterocycles. The normalized spacial score (nSPS) is 13.5. The summed E-state index contributed by atoms with van der Waals surface area (Å²) >= 11 is 0. The largest absolute Gasteiger partial charge is 0.354 e. The molecule has 4 nitrogen and oxygen atoms in total. The highest BCUT2D eigenvalue weighted by Crippen LogP contribution is 2.18. The van der Waals surface area contributed by atoms with Gasteiger partial charge in [-0.05, 0) is 52.6 Å². The summed E-state index contributed by atoms with van der Waals surface area (Å²) in [5.41, 5.74) is 0.882. The second-order valence-corrected chi connectivity index (χ2v) is 6.36. The van der Waals surface area contributed by atoms with Gasteiger partial charge >= 0.3 is 0 Å². The van der Waals surface area contributed by atoms with E-state index in [1.807, 2.05) is 20.2 Å². The van der Waals surface area contributed by atoms with E-state index in [0.717, 1.165) is 11.5 Å². The Labute approximate surface area is 150 Å². The van der Waals surface area contributed by atoms with Gasteiger partial charge in [-0.1, -0.05) is 12.1 Å². The lowest BCUT2D eigenvalue weighted by Crippen LogP contribution is -2.49. The number of guanidine groups is 1. The molecular weight excluding hydrogens is 394 g/mol. The molecule has 2 N–H and O–H groups in total. The van der Waals surface area contributed by atoms with Gasteiger partial charge in [0.05, 0.1) is 6.04 Å². The summed E-state index contributed by atoms with van der Waals surface area (Å²) in [5.74, 6) is 0.530. The third-order valence-corrected chi connectivity index (χ3v) is 3.04. The van der Waals surface area contributed by atoms with Crippen molar-refractivity contribution in [3.8, 4) is 0 Å². The summed E-state index contributed by atoms with van der Waals surface area (Å²) < 4.78 is 13.4. The smallest absolute Gasteiger partial charge is 0.191 e. The van der Waals surface area contributed by atoms with Gasteiger partial charge in [0.2, 0.25) is 0 Å². The lowest BCUT2D eigenvalue weighted by Gasteiger charge is -2.28. The van der Waals surface area contributed by atoms with Crippen molar-refractivity contribution in [1.82, 2.24) is 15.5 Å². The van der Waals surface area contributed by atoms with Crippen LogP contribution in [-0.2, 0) is 0 Å². The van der Waals surface area contributed by atoms with E-state index in [1.54, 1.807) is 19.2 Å². The topological polar surface area (TPSA) is 39.7 Å². The number of benzene rings is 1. The molecule has 0 fully saturated rings. The number of hydrogen-bond donors (Lipinski definition) is 2. The first-order chi connectivity index (χ1) is 9.73. The lowest BCUT2D eigenvalue weighted by atomic mass is 10.1. The van der Waals surface area contributed by atoms with Crippen molar-refractivity contribution >= 4 is 29.9 Å². The van der Waals surface area contributed by atoms with Gasteiger partial charge in [0, 0.05) is 19.1 Å². The van der Waals surface area contributed by atoms with Crippen LogP contribution in [0.25, 0.3) is 0 Å². The zero-order chi connectivity index (χ0) is 16.0. The first-order valence-corrected chi connectivity index (χ1v) is 7.13. The first-order valence-electron chi connectivity index (χ1n) is 7.13. The van der Waals surface area contributed by atoms with Crippen LogP contribution in [0.5, 0.6) is 0 Å². The highest BCUT2D eigenvalue weighted by molar-refractivity contribution is 14.0. The quantitative estimate of drug-likeness (QED) is 0.445. The van der Waals surface area contributed by atoms with Crippen LogP contribution < -0.4 is 10.6 Å². The number of rotatable bonds is 4. The average Bonchev–Trinajstić information content (AvgIpc) is 2.36.